The van der Waals surface area contributed by atoms with E-state index in [2.05, 4.69) is 31.8 Å². The highest BCUT2D eigenvalue weighted by Gasteiger charge is 2.16. The Hall–Kier alpha value is -3.12. The first-order valence-electron chi connectivity index (χ1n) is 9.72. The van der Waals surface area contributed by atoms with Crippen LogP contribution in [0.1, 0.15) is 34.5 Å². The van der Waals surface area contributed by atoms with E-state index in [0.29, 0.717) is 17.9 Å². The van der Waals surface area contributed by atoms with Crippen molar-refractivity contribution in [3.8, 4) is 0 Å². The largest absolute Gasteiger partial charge is 0.378 e. The normalized spacial score (nSPS) is 14.1. The minimum atomic E-state index is -0.227. The van der Waals surface area contributed by atoms with Gasteiger partial charge in [0.05, 0.1) is 5.69 Å². The topological polar surface area (TPSA) is 73.0 Å². The maximum atomic E-state index is 12.7. The molecule has 1 aliphatic rings. The second kappa shape index (κ2) is 8.71. The molecule has 3 aromatic rings. The molecule has 144 valence electrons. The van der Waals surface area contributed by atoms with E-state index in [0.717, 1.165) is 30.9 Å². The number of nitrogens with one attached hydrogen (secondary N) is 3. The predicted octanol–water partition coefficient (Wildman–Crippen LogP) is 3.87. The second-order valence-electron chi connectivity index (χ2n) is 7.12. The van der Waals surface area contributed by atoms with Crippen LogP contribution < -0.4 is 10.6 Å². The number of nitrogens with zero attached hydrogens (tertiary/aromatic N) is 2. The molecule has 0 saturated carbocycles. The molecule has 0 spiro atoms. The quantitative estimate of drug-likeness (QED) is 0.586. The Balaban J connectivity index is 1.39. The van der Waals surface area contributed by atoms with E-state index in [-0.39, 0.29) is 5.91 Å². The lowest BCUT2D eigenvalue weighted by Gasteiger charge is -2.15. The molecular formula is C22H25N5O. The molecule has 0 radical (unpaired) electrons. The summed E-state index contributed by atoms with van der Waals surface area (Å²) in [6, 6.07) is 18.1. The number of aromatic nitrogens is 2. The third-order valence-electron chi connectivity index (χ3n) is 4.97. The van der Waals surface area contributed by atoms with Gasteiger partial charge in [0.2, 0.25) is 0 Å². The number of anilines is 2. The molecule has 6 nitrogen and oxygen atoms in total. The van der Waals surface area contributed by atoms with Gasteiger partial charge in [-0.05, 0) is 49.2 Å². The highest BCUT2D eigenvalue weighted by Crippen LogP contribution is 2.19. The van der Waals surface area contributed by atoms with Gasteiger partial charge in [-0.2, -0.15) is 5.10 Å². The highest BCUT2D eigenvalue weighted by atomic mass is 16.2. The summed E-state index contributed by atoms with van der Waals surface area (Å²) in [5.74, 6) is -0.227. The first-order chi connectivity index (χ1) is 13.8. The summed E-state index contributed by atoms with van der Waals surface area (Å²) in [6.45, 7) is 3.86. The summed E-state index contributed by atoms with van der Waals surface area (Å²) in [6.07, 6.45) is 4.25. The van der Waals surface area contributed by atoms with Gasteiger partial charge < -0.3 is 10.6 Å². The van der Waals surface area contributed by atoms with Crippen LogP contribution in [0.3, 0.4) is 0 Å². The summed E-state index contributed by atoms with van der Waals surface area (Å²) in [5, 5.41) is 13.1. The lowest BCUT2D eigenvalue weighted by molar-refractivity contribution is 0.102. The standard InChI is InChI=1S/C22H25N5O/c28-22(21-20(15-24-26-21)23-14-17-7-2-1-3-8-17)25-19-10-6-9-18(13-19)16-27-11-4-5-12-27/h1-3,6-10,13,15,23H,4-5,11-12,14,16H2,(H,24,26)(H,25,28). The second-order valence-corrected chi connectivity index (χ2v) is 7.12. The average Bonchev–Trinajstić information content (AvgIpc) is 3.39. The van der Waals surface area contributed by atoms with Gasteiger partial charge >= 0.3 is 0 Å². The smallest absolute Gasteiger partial charge is 0.278 e. The number of carbonyl (C=O) groups excluding carboxylic acids is 1. The number of amides is 1. The molecule has 3 N–H and O–H groups in total. The molecule has 2 aromatic carbocycles. The van der Waals surface area contributed by atoms with Crippen LogP contribution in [0.15, 0.2) is 60.8 Å². The van der Waals surface area contributed by atoms with E-state index in [4.69, 9.17) is 0 Å². The number of likely N-dealkylation sites (tertiary alicyclic amines) is 1. The molecule has 6 heteroatoms. The van der Waals surface area contributed by atoms with Crippen LogP contribution in [-0.2, 0) is 13.1 Å². The molecule has 1 amide bonds. The first-order valence-corrected chi connectivity index (χ1v) is 9.72. The Morgan fingerprint density at radius 3 is 2.64 bits per heavy atom. The Bertz CT molecular complexity index is 915. The van der Waals surface area contributed by atoms with Crippen molar-refractivity contribution in [3.05, 3.63) is 77.6 Å². The number of hydrogen-bond acceptors (Lipinski definition) is 4. The van der Waals surface area contributed by atoms with Crippen LogP contribution in [-0.4, -0.2) is 34.1 Å². The van der Waals surface area contributed by atoms with E-state index < -0.39 is 0 Å². The van der Waals surface area contributed by atoms with Crippen molar-refractivity contribution >= 4 is 17.3 Å². The molecule has 28 heavy (non-hydrogen) atoms. The number of carbonyl (C=O) groups is 1. The highest BCUT2D eigenvalue weighted by molar-refractivity contribution is 6.06. The summed E-state index contributed by atoms with van der Waals surface area (Å²) >= 11 is 0. The minimum Gasteiger partial charge on any atom is -0.378 e. The van der Waals surface area contributed by atoms with Gasteiger partial charge in [-0.3, -0.25) is 14.8 Å². The van der Waals surface area contributed by atoms with E-state index in [1.165, 1.54) is 18.4 Å². The van der Waals surface area contributed by atoms with Gasteiger partial charge in [0.1, 0.15) is 0 Å². The summed E-state index contributed by atoms with van der Waals surface area (Å²) in [7, 11) is 0. The lowest BCUT2D eigenvalue weighted by Crippen LogP contribution is -2.19. The van der Waals surface area contributed by atoms with E-state index in [1.807, 2.05) is 48.5 Å². The zero-order chi connectivity index (χ0) is 19.2. The third-order valence-corrected chi connectivity index (χ3v) is 4.97. The Labute approximate surface area is 165 Å². The van der Waals surface area contributed by atoms with Crippen molar-refractivity contribution in [3.63, 3.8) is 0 Å². The van der Waals surface area contributed by atoms with Gasteiger partial charge in [-0.1, -0.05) is 42.5 Å². The molecule has 1 fully saturated rings. The van der Waals surface area contributed by atoms with Crippen LogP contribution in [0.2, 0.25) is 0 Å². The van der Waals surface area contributed by atoms with E-state index in [9.17, 15) is 4.79 Å². The van der Waals surface area contributed by atoms with Crippen molar-refractivity contribution in [2.75, 3.05) is 23.7 Å². The molecule has 1 saturated heterocycles. The zero-order valence-electron chi connectivity index (χ0n) is 15.8. The first kappa shape index (κ1) is 18.3. The monoisotopic (exact) mass is 375 g/mol. The molecule has 2 heterocycles. The van der Waals surface area contributed by atoms with Gasteiger partial charge in [-0.15, -0.1) is 0 Å². The number of rotatable bonds is 7. The maximum absolute atomic E-state index is 12.7. The zero-order valence-corrected chi connectivity index (χ0v) is 15.8. The van der Waals surface area contributed by atoms with Gasteiger partial charge in [-0.25, -0.2) is 0 Å². The van der Waals surface area contributed by atoms with E-state index >= 15 is 0 Å². The molecule has 0 atom stereocenters. The minimum absolute atomic E-state index is 0.227. The van der Waals surface area contributed by atoms with Crippen molar-refractivity contribution in [1.82, 2.24) is 15.1 Å². The van der Waals surface area contributed by atoms with Gasteiger partial charge in [0.25, 0.3) is 5.91 Å². The maximum Gasteiger partial charge on any atom is 0.278 e. The molecule has 1 aromatic heterocycles. The fraction of sp³-hybridized carbons (Fsp3) is 0.273. The lowest BCUT2D eigenvalue weighted by atomic mass is 10.2. The molecular weight excluding hydrogens is 350 g/mol. The fourth-order valence-electron chi connectivity index (χ4n) is 3.53. The number of hydrogen-bond donors (Lipinski definition) is 3. The summed E-state index contributed by atoms with van der Waals surface area (Å²) < 4.78 is 0. The summed E-state index contributed by atoms with van der Waals surface area (Å²) in [5.41, 5.74) is 4.20. The van der Waals surface area contributed by atoms with Crippen LogP contribution in [0.5, 0.6) is 0 Å². The van der Waals surface area contributed by atoms with Crippen molar-refractivity contribution in [2.45, 2.75) is 25.9 Å². The SMILES string of the molecule is O=C(Nc1cccc(CN2CCCC2)c1)c1n[nH]cc1NCc1ccccc1. The number of aromatic amines is 1. The molecule has 0 bridgehead atoms. The van der Waals surface area contributed by atoms with Gasteiger partial charge in [0, 0.05) is 25.0 Å². The molecule has 0 aliphatic carbocycles. The fourth-order valence-corrected chi connectivity index (χ4v) is 3.53. The summed E-state index contributed by atoms with van der Waals surface area (Å²) in [4.78, 5) is 15.2. The predicted molar refractivity (Wildman–Crippen MR) is 111 cm³/mol. The van der Waals surface area contributed by atoms with Crippen LogP contribution in [0.25, 0.3) is 0 Å². The Kier molecular flexibility index (Phi) is 5.68. The van der Waals surface area contributed by atoms with E-state index in [1.54, 1.807) is 6.20 Å². The van der Waals surface area contributed by atoms with Crippen molar-refractivity contribution in [2.24, 2.45) is 0 Å². The van der Waals surface area contributed by atoms with Crippen molar-refractivity contribution in [1.29, 1.82) is 0 Å². The van der Waals surface area contributed by atoms with Gasteiger partial charge in [0.15, 0.2) is 5.69 Å². The Morgan fingerprint density at radius 2 is 1.82 bits per heavy atom. The Morgan fingerprint density at radius 1 is 1.04 bits per heavy atom. The van der Waals surface area contributed by atoms with Crippen LogP contribution in [0.4, 0.5) is 11.4 Å². The molecule has 0 unspecified atom stereocenters. The molecule has 1 aliphatic heterocycles. The third kappa shape index (κ3) is 4.58. The molecule has 4 rings (SSSR count). The number of benzene rings is 2. The van der Waals surface area contributed by atoms with Crippen molar-refractivity contribution < 1.29 is 4.79 Å². The van der Waals surface area contributed by atoms with Crippen LogP contribution >= 0.6 is 0 Å². The van der Waals surface area contributed by atoms with Crippen LogP contribution in [0, 0.1) is 0 Å². The average molecular weight is 375 g/mol. The number of H-pyrrole nitrogens is 1.